The molecule has 0 aromatic carbocycles. The number of nitrogens with zero attached hydrogens (tertiary/aromatic N) is 1. The third kappa shape index (κ3) is 3.33. The van der Waals surface area contributed by atoms with Crippen molar-refractivity contribution in [2.75, 3.05) is 26.2 Å². The number of hydrogen-bond acceptors (Lipinski definition) is 2. The van der Waals surface area contributed by atoms with Crippen molar-refractivity contribution in [3.63, 3.8) is 0 Å². The highest BCUT2D eigenvalue weighted by Gasteiger charge is 2.16. The van der Waals surface area contributed by atoms with Crippen LogP contribution in [0.3, 0.4) is 0 Å². The molecular weight excluding hydrogens is 184 g/mol. The van der Waals surface area contributed by atoms with E-state index < -0.39 is 0 Å². The molecule has 0 aliphatic carbocycles. The predicted molar refractivity (Wildman–Crippen MR) is 66.7 cm³/mol. The maximum atomic E-state index is 5.63. The molecule has 0 spiro atoms. The van der Waals surface area contributed by atoms with Crippen molar-refractivity contribution in [3.05, 3.63) is 36.5 Å². The fourth-order valence-corrected chi connectivity index (χ4v) is 1.96. The second kappa shape index (κ2) is 5.89. The molecule has 0 aromatic rings. The molecule has 0 saturated heterocycles. The summed E-state index contributed by atoms with van der Waals surface area (Å²) in [6, 6.07) is 0. The molecule has 2 nitrogen and oxygen atoms in total. The van der Waals surface area contributed by atoms with Gasteiger partial charge in [-0.15, -0.1) is 0 Å². The summed E-state index contributed by atoms with van der Waals surface area (Å²) < 4.78 is 0. The minimum absolute atomic E-state index is 0.571. The number of hydrogen-bond donors (Lipinski definition) is 1. The van der Waals surface area contributed by atoms with Gasteiger partial charge in [0.1, 0.15) is 0 Å². The quantitative estimate of drug-likeness (QED) is 0.745. The normalized spacial score (nSPS) is 20.1. The summed E-state index contributed by atoms with van der Waals surface area (Å²) >= 11 is 0. The molecule has 1 unspecified atom stereocenters. The zero-order valence-electron chi connectivity index (χ0n) is 9.71. The molecule has 1 rings (SSSR count). The van der Waals surface area contributed by atoms with Gasteiger partial charge in [-0.3, -0.25) is 4.90 Å². The summed E-state index contributed by atoms with van der Waals surface area (Å²) in [5, 5.41) is 0. The van der Waals surface area contributed by atoms with Gasteiger partial charge >= 0.3 is 0 Å². The predicted octanol–water partition coefficient (Wildman–Crippen LogP) is 1.96. The minimum Gasteiger partial charge on any atom is -0.330 e. The largest absolute Gasteiger partial charge is 0.330 e. The molecule has 1 aliphatic rings. The molecule has 1 atom stereocenters. The van der Waals surface area contributed by atoms with Gasteiger partial charge < -0.3 is 5.73 Å². The molecule has 0 bridgehead atoms. The third-order valence-electron chi connectivity index (χ3n) is 2.97. The molecule has 0 aromatic heterocycles. The topological polar surface area (TPSA) is 29.3 Å². The molecule has 0 fully saturated rings. The molecule has 0 saturated carbocycles. The smallest absolute Gasteiger partial charge is 0.0236 e. The van der Waals surface area contributed by atoms with Crippen LogP contribution in [0, 0.1) is 5.92 Å². The molecular formula is C13H22N2. The Morgan fingerprint density at radius 1 is 1.40 bits per heavy atom. The van der Waals surface area contributed by atoms with Gasteiger partial charge in [-0.1, -0.05) is 32.2 Å². The van der Waals surface area contributed by atoms with E-state index >= 15 is 0 Å². The van der Waals surface area contributed by atoms with Gasteiger partial charge in [0, 0.05) is 19.6 Å². The first-order valence-corrected chi connectivity index (χ1v) is 5.60. The Balaban J connectivity index is 2.59. The first-order chi connectivity index (χ1) is 7.21. The van der Waals surface area contributed by atoms with Crippen LogP contribution in [0.5, 0.6) is 0 Å². The Morgan fingerprint density at radius 2 is 2.07 bits per heavy atom. The van der Waals surface area contributed by atoms with Crippen molar-refractivity contribution in [2.24, 2.45) is 11.7 Å². The highest BCUT2D eigenvalue weighted by molar-refractivity contribution is 5.34. The Bertz CT molecular complexity index is 266. The van der Waals surface area contributed by atoms with Crippen molar-refractivity contribution in [2.45, 2.75) is 13.3 Å². The van der Waals surface area contributed by atoms with E-state index in [0.717, 1.165) is 32.6 Å². The van der Waals surface area contributed by atoms with Crippen LogP contribution in [0.2, 0.25) is 0 Å². The average molecular weight is 206 g/mol. The van der Waals surface area contributed by atoms with Crippen LogP contribution < -0.4 is 5.73 Å². The van der Waals surface area contributed by atoms with Crippen molar-refractivity contribution in [1.29, 1.82) is 0 Å². The van der Waals surface area contributed by atoms with Crippen molar-refractivity contribution < 1.29 is 0 Å². The SMILES string of the molecule is C=CC1=C(C=C)CN(CC(C)CN)CC1. The van der Waals surface area contributed by atoms with Crippen LogP contribution in [0.4, 0.5) is 0 Å². The summed E-state index contributed by atoms with van der Waals surface area (Å²) in [5.74, 6) is 0.571. The van der Waals surface area contributed by atoms with E-state index in [1.54, 1.807) is 0 Å². The van der Waals surface area contributed by atoms with E-state index in [1.807, 2.05) is 12.2 Å². The van der Waals surface area contributed by atoms with E-state index in [-0.39, 0.29) is 0 Å². The van der Waals surface area contributed by atoms with Gasteiger partial charge in [0.15, 0.2) is 0 Å². The lowest BCUT2D eigenvalue weighted by Crippen LogP contribution is -2.36. The summed E-state index contributed by atoms with van der Waals surface area (Å²) in [6.07, 6.45) is 5.00. The maximum absolute atomic E-state index is 5.63. The van der Waals surface area contributed by atoms with Gasteiger partial charge in [0.05, 0.1) is 0 Å². The van der Waals surface area contributed by atoms with Crippen LogP contribution in [0.15, 0.2) is 36.5 Å². The van der Waals surface area contributed by atoms with Crippen molar-refractivity contribution >= 4 is 0 Å². The lowest BCUT2D eigenvalue weighted by molar-refractivity contribution is 0.253. The monoisotopic (exact) mass is 206 g/mol. The molecule has 84 valence electrons. The number of nitrogens with two attached hydrogens (primary N) is 1. The van der Waals surface area contributed by atoms with Crippen LogP contribution in [-0.4, -0.2) is 31.1 Å². The summed E-state index contributed by atoms with van der Waals surface area (Å²) in [7, 11) is 0. The number of allylic oxidation sites excluding steroid dienone is 1. The molecule has 2 N–H and O–H groups in total. The van der Waals surface area contributed by atoms with E-state index in [9.17, 15) is 0 Å². The van der Waals surface area contributed by atoms with Crippen LogP contribution in [-0.2, 0) is 0 Å². The van der Waals surface area contributed by atoms with E-state index in [1.165, 1.54) is 11.1 Å². The standard InChI is InChI=1S/C13H22N2/c1-4-12-6-7-15(9-11(3)8-14)10-13(12)5-2/h4-5,11H,1-2,6-10,14H2,3H3. The maximum Gasteiger partial charge on any atom is 0.0236 e. The highest BCUT2D eigenvalue weighted by atomic mass is 15.1. The zero-order valence-corrected chi connectivity index (χ0v) is 9.71. The summed E-state index contributed by atoms with van der Waals surface area (Å²) in [5.41, 5.74) is 8.30. The Morgan fingerprint density at radius 3 is 2.60 bits per heavy atom. The molecule has 1 heterocycles. The zero-order chi connectivity index (χ0) is 11.3. The Hall–Kier alpha value is -0.860. The fourth-order valence-electron chi connectivity index (χ4n) is 1.96. The first kappa shape index (κ1) is 12.2. The second-order valence-corrected chi connectivity index (χ2v) is 4.28. The molecule has 2 heteroatoms. The Kier molecular flexibility index (Phi) is 4.79. The van der Waals surface area contributed by atoms with Crippen LogP contribution in [0.25, 0.3) is 0 Å². The van der Waals surface area contributed by atoms with Crippen LogP contribution >= 0.6 is 0 Å². The highest BCUT2D eigenvalue weighted by Crippen LogP contribution is 2.20. The van der Waals surface area contributed by atoms with Gasteiger partial charge in [-0.05, 0) is 30.0 Å². The molecule has 0 amide bonds. The van der Waals surface area contributed by atoms with Crippen molar-refractivity contribution in [1.82, 2.24) is 4.90 Å². The van der Waals surface area contributed by atoms with E-state index in [4.69, 9.17) is 5.73 Å². The average Bonchev–Trinajstić information content (AvgIpc) is 2.28. The Labute approximate surface area is 93.1 Å². The first-order valence-electron chi connectivity index (χ1n) is 5.60. The molecule has 15 heavy (non-hydrogen) atoms. The van der Waals surface area contributed by atoms with Crippen LogP contribution in [0.1, 0.15) is 13.3 Å². The lowest BCUT2D eigenvalue weighted by atomic mass is 9.99. The van der Waals surface area contributed by atoms with E-state index in [0.29, 0.717) is 5.92 Å². The minimum atomic E-state index is 0.571. The molecule has 1 aliphatic heterocycles. The van der Waals surface area contributed by atoms with E-state index in [2.05, 4.69) is 25.0 Å². The second-order valence-electron chi connectivity index (χ2n) is 4.28. The van der Waals surface area contributed by atoms with Crippen molar-refractivity contribution in [3.8, 4) is 0 Å². The lowest BCUT2D eigenvalue weighted by Gasteiger charge is -2.30. The van der Waals surface area contributed by atoms with Gasteiger partial charge in [-0.25, -0.2) is 0 Å². The van der Waals surface area contributed by atoms with Gasteiger partial charge in [-0.2, -0.15) is 0 Å². The van der Waals surface area contributed by atoms with Gasteiger partial charge in [0.25, 0.3) is 0 Å². The summed E-state index contributed by atoms with van der Waals surface area (Å²) in [4.78, 5) is 2.45. The fraction of sp³-hybridized carbons (Fsp3) is 0.538. The van der Waals surface area contributed by atoms with Gasteiger partial charge in [0.2, 0.25) is 0 Å². The molecule has 0 radical (unpaired) electrons. The number of rotatable bonds is 5. The third-order valence-corrected chi connectivity index (χ3v) is 2.97. The summed E-state index contributed by atoms with van der Waals surface area (Å²) in [6.45, 7) is 13.8.